The molecule has 38 heavy (non-hydrogen) atoms. The predicted octanol–water partition coefficient (Wildman–Crippen LogP) is 4.81. The molecule has 0 saturated carbocycles. The van der Waals surface area contributed by atoms with E-state index in [1.54, 1.807) is 37.3 Å². The van der Waals surface area contributed by atoms with Crippen molar-refractivity contribution in [1.29, 1.82) is 0 Å². The maximum Gasteiger partial charge on any atom is 0.238 e. The van der Waals surface area contributed by atoms with Crippen LogP contribution in [0.2, 0.25) is 0 Å². The van der Waals surface area contributed by atoms with Gasteiger partial charge in [0.2, 0.25) is 11.8 Å². The molecule has 190 valence electrons. The van der Waals surface area contributed by atoms with E-state index < -0.39 is 35.2 Å². The average Bonchev–Trinajstić information content (AvgIpc) is 3.17. The zero-order valence-corrected chi connectivity index (χ0v) is 20.6. The largest absolute Gasteiger partial charge is 0.505 e. The van der Waals surface area contributed by atoms with Crippen molar-refractivity contribution in [2.75, 3.05) is 4.90 Å². The Morgan fingerprint density at radius 3 is 2.47 bits per heavy atom. The molecular weight excluding hydrogens is 485 g/mol. The molecule has 7 heteroatoms. The summed E-state index contributed by atoms with van der Waals surface area (Å²) in [6.07, 6.45) is 5.15. The van der Waals surface area contributed by atoms with E-state index in [-0.39, 0.29) is 58.5 Å². The molecule has 1 aliphatic heterocycles. The van der Waals surface area contributed by atoms with Gasteiger partial charge in [-0.3, -0.25) is 24.1 Å². The number of ketones is 2. The van der Waals surface area contributed by atoms with Crippen LogP contribution in [0.15, 0.2) is 83.5 Å². The highest BCUT2D eigenvalue weighted by Crippen LogP contribution is 2.56. The minimum absolute atomic E-state index is 0.118. The minimum atomic E-state index is -0.898. The number of phenols is 1. The zero-order valence-electron chi connectivity index (χ0n) is 20.6. The Morgan fingerprint density at radius 1 is 1.03 bits per heavy atom. The molecule has 0 radical (unpaired) electrons. The number of benzene rings is 2. The fraction of sp³-hybridized carbons (Fsp3) is 0.226. The van der Waals surface area contributed by atoms with Crippen LogP contribution < -0.4 is 4.90 Å². The fourth-order valence-electron chi connectivity index (χ4n) is 6.52. The summed E-state index contributed by atoms with van der Waals surface area (Å²) in [5.41, 5.74) is 2.88. The van der Waals surface area contributed by atoms with E-state index in [1.807, 2.05) is 6.08 Å². The van der Waals surface area contributed by atoms with Crippen LogP contribution in [0.1, 0.15) is 36.8 Å². The van der Waals surface area contributed by atoms with Crippen LogP contribution in [0.3, 0.4) is 0 Å². The van der Waals surface area contributed by atoms with Gasteiger partial charge in [-0.05, 0) is 55.5 Å². The third-order valence-corrected chi connectivity index (χ3v) is 8.28. The number of nitrogens with zero attached hydrogens (tertiary/aromatic N) is 1. The second-order valence-corrected chi connectivity index (χ2v) is 10.2. The number of hydrogen-bond acceptors (Lipinski definition) is 5. The lowest BCUT2D eigenvalue weighted by Gasteiger charge is -2.42. The number of carbonyl (C=O) groups excluding carboxylic acids is 4. The van der Waals surface area contributed by atoms with Crippen molar-refractivity contribution < 1.29 is 28.7 Å². The van der Waals surface area contributed by atoms with Gasteiger partial charge in [0.25, 0.3) is 0 Å². The Bertz CT molecular complexity index is 1560. The van der Waals surface area contributed by atoms with Crippen LogP contribution in [0, 0.1) is 23.6 Å². The van der Waals surface area contributed by atoms with Gasteiger partial charge in [-0.2, -0.15) is 0 Å². The number of para-hydroxylation sites is 1. The predicted molar refractivity (Wildman–Crippen MR) is 138 cm³/mol. The molecule has 2 aromatic rings. The summed E-state index contributed by atoms with van der Waals surface area (Å²) >= 11 is 0. The highest BCUT2D eigenvalue weighted by Gasteiger charge is 2.56. The third kappa shape index (κ3) is 3.31. The van der Waals surface area contributed by atoms with Gasteiger partial charge in [0.15, 0.2) is 23.1 Å². The molecule has 4 aliphatic rings. The van der Waals surface area contributed by atoms with E-state index in [0.717, 1.165) is 11.6 Å². The highest BCUT2D eigenvalue weighted by molar-refractivity contribution is 6.25. The van der Waals surface area contributed by atoms with Gasteiger partial charge in [0.1, 0.15) is 0 Å². The first-order valence-electron chi connectivity index (χ1n) is 12.5. The summed E-state index contributed by atoms with van der Waals surface area (Å²) in [6.45, 7) is 5.29. The van der Waals surface area contributed by atoms with Crippen LogP contribution >= 0.6 is 0 Å². The maximum absolute atomic E-state index is 14.5. The molecule has 6 nitrogen and oxygen atoms in total. The second kappa shape index (κ2) is 8.58. The summed E-state index contributed by atoms with van der Waals surface area (Å²) in [4.78, 5) is 55.1. The van der Waals surface area contributed by atoms with E-state index >= 15 is 0 Å². The van der Waals surface area contributed by atoms with Crippen LogP contribution in [-0.4, -0.2) is 28.5 Å². The number of amides is 2. The van der Waals surface area contributed by atoms with Crippen molar-refractivity contribution in [3.63, 3.8) is 0 Å². The van der Waals surface area contributed by atoms with E-state index in [4.69, 9.17) is 0 Å². The lowest BCUT2D eigenvalue weighted by atomic mass is 9.59. The normalized spacial score (nSPS) is 26.5. The number of Topliss-reactive ketones (excluding diaryl/α,β-unsaturated/α-hetero) is 1. The first kappa shape index (κ1) is 24.0. The van der Waals surface area contributed by atoms with Gasteiger partial charge in [-0.15, -0.1) is 0 Å². The summed E-state index contributed by atoms with van der Waals surface area (Å²) in [5.74, 6) is -5.63. The average molecular weight is 510 g/mol. The van der Waals surface area contributed by atoms with Gasteiger partial charge in [-0.1, -0.05) is 48.6 Å². The van der Waals surface area contributed by atoms with Crippen molar-refractivity contribution in [1.82, 2.24) is 0 Å². The fourth-order valence-corrected chi connectivity index (χ4v) is 6.52. The Hall–Kier alpha value is -4.39. The van der Waals surface area contributed by atoms with Crippen LogP contribution in [0.25, 0.3) is 6.08 Å². The van der Waals surface area contributed by atoms with E-state index in [1.165, 1.54) is 23.1 Å². The standard InChI is InChI=1S/C31H24FNO5/c1-3-16-7-9-17(10-8-16)33-30(37)20-12-11-18-21(26(20)31(33)38)14-22-27(24(34)13-15(2)28(22)35)25(18)19-5-4-6-23(32)29(19)36/h3-11,13,20-21,25-26,36H,1,12,14H2,2H3/t20-,21+,25+,26-/m0/s1. The molecule has 2 aromatic carbocycles. The lowest BCUT2D eigenvalue weighted by molar-refractivity contribution is -0.123. The van der Waals surface area contributed by atoms with Crippen LogP contribution in [0.5, 0.6) is 5.75 Å². The van der Waals surface area contributed by atoms with E-state index in [2.05, 4.69) is 6.58 Å². The van der Waals surface area contributed by atoms with E-state index in [9.17, 15) is 28.7 Å². The summed E-state index contributed by atoms with van der Waals surface area (Å²) < 4.78 is 14.5. The third-order valence-electron chi connectivity index (χ3n) is 8.28. The minimum Gasteiger partial charge on any atom is -0.505 e. The van der Waals surface area contributed by atoms with Gasteiger partial charge >= 0.3 is 0 Å². The number of allylic oxidation sites excluding steroid dienone is 6. The first-order valence-corrected chi connectivity index (χ1v) is 12.5. The summed E-state index contributed by atoms with van der Waals surface area (Å²) in [6, 6.07) is 11.0. The number of rotatable bonds is 3. The van der Waals surface area contributed by atoms with Gasteiger partial charge in [0, 0.05) is 28.2 Å². The SMILES string of the molecule is C=Cc1ccc(N2C(=O)[C@H]3[C@H](CC=C4[C@H](c5cccc(F)c5O)C5=C(C[C@H]43)C(=O)C(C)=CC5=O)C2=O)cc1. The number of hydrogen-bond donors (Lipinski definition) is 1. The Balaban J connectivity index is 1.49. The summed E-state index contributed by atoms with van der Waals surface area (Å²) in [7, 11) is 0. The molecule has 4 atom stereocenters. The molecule has 0 unspecified atom stereocenters. The quantitative estimate of drug-likeness (QED) is 0.364. The number of fused-ring (bicyclic) bond motifs is 3. The van der Waals surface area contributed by atoms with Crippen molar-refractivity contribution in [3.8, 4) is 5.75 Å². The van der Waals surface area contributed by atoms with Crippen molar-refractivity contribution in [2.45, 2.75) is 25.7 Å². The van der Waals surface area contributed by atoms with Crippen LogP contribution in [0.4, 0.5) is 10.1 Å². The Morgan fingerprint density at radius 2 is 1.76 bits per heavy atom. The molecule has 1 saturated heterocycles. The molecule has 0 bridgehead atoms. The molecule has 1 N–H and O–H groups in total. The molecule has 1 heterocycles. The second-order valence-electron chi connectivity index (χ2n) is 10.2. The van der Waals surface area contributed by atoms with Crippen molar-refractivity contribution in [3.05, 3.63) is 100 Å². The van der Waals surface area contributed by atoms with Crippen molar-refractivity contribution >= 4 is 35.1 Å². The van der Waals surface area contributed by atoms with Crippen molar-refractivity contribution in [2.24, 2.45) is 17.8 Å². The van der Waals surface area contributed by atoms with Gasteiger partial charge in [0.05, 0.1) is 17.5 Å². The van der Waals surface area contributed by atoms with Gasteiger partial charge in [-0.25, -0.2) is 4.39 Å². The molecular formula is C31H24FNO5. The first-order chi connectivity index (χ1) is 18.2. The topological polar surface area (TPSA) is 91.8 Å². The number of anilines is 1. The number of carbonyl (C=O) groups is 4. The molecule has 0 spiro atoms. The number of halogens is 1. The van der Waals surface area contributed by atoms with E-state index in [0.29, 0.717) is 11.3 Å². The monoisotopic (exact) mass is 509 g/mol. The molecule has 0 aromatic heterocycles. The smallest absolute Gasteiger partial charge is 0.238 e. The number of aromatic hydroxyl groups is 1. The Kier molecular flexibility index (Phi) is 5.42. The van der Waals surface area contributed by atoms with Crippen LogP contribution in [-0.2, 0) is 19.2 Å². The highest BCUT2D eigenvalue weighted by atomic mass is 19.1. The zero-order chi connectivity index (χ0) is 26.9. The Labute approximate surface area is 218 Å². The number of imide groups is 1. The number of phenolic OH excluding ortho intramolecular Hbond substituents is 1. The molecule has 6 rings (SSSR count). The molecule has 3 aliphatic carbocycles. The lowest BCUT2D eigenvalue weighted by Crippen LogP contribution is -2.39. The van der Waals surface area contributed by atoms with Gasteiger partial charge < -0.3 is 5.11 Å². The molecule has 1 fully saturated rings. The maximum atomic E-state index is 14.5. The summed E-state index contributed by atoms with van der Waals surface area (Å²) in [5, 5.41) is 10.7. The molecule has 2 amide bonds.